The van der Waals surface area contributed by atoms with Gasteiger partial charge in [0, 0.05) is 31.2 Å². The number of hydrogen-bond acceptors (Lipinski definition) is 3. The van der Waals surface area contributed by atoms with Crippen molar-refractivity contribution >= 4 is 23.0 Å². The first kappa shape index (κ1) is 10.4. The minimum Gasteiger partial charge on any atom is -0.399 e. The lowest BCUT2D eigenvalue weighted by molar-refractivity contribution is 0.879. The molecular formula is C13H12ClN3. The van der Waals surface area contributed by atoms with Crippen LogP contribution in [0.25, 0.3) is 0 Å². The van der Waals surface area contributed by atoms with Crippen LogP contribution in [0.15, 0.2) is 36.7 Å². The number of fused-ring (bicyclic) bond motifs is 1. The van der Waals surface area contributed by atoms with Crippen molar-refractivity contribution in [2.45, 2.75) is 13.1 Å². The lowest BCUT2D eigenvalue weighted by Crippen LogP contribution is -2.14. The van der Waals surface area contributed by atoms with Crippen LogP contribution in [0.3, 0.4) is 0 Å². The number of pyridine rings is 1. The van der Waals surface area contributed by atoms with Crippen molar-refractivity contribution < 1.29 is 0 Å². The highest BCUT2D eigenvalue weighted by molar-refractivity contribution is 6.33. The summed E-state index contributed by atoms with van der Waals surface area (Å²) in [6.45, 7) is 1.73. The molecule has 0 aliphatic carbocycles. The van der Waals surface area contributed by atoms with Gasteiger partial charge in [-0.2, -0.15) is 0 Å². The monoisotopic (exact) mass is 245 g/mol. The number of halogens is 1. The van der Waals surface area contributed by atoms with E-state index >= 15 is 0 Å². The number of nitrogen functional groups attached to an aromatic ring is 1. The largest absolute Gasteiger partial charge is 0.399 e. The molecule has 3 rings (SSSR count). The van der Waals surface area contributed by atoms with E-state index in [2.05, 4.69) is 16.0 Å². The third-order valence-electron chi connectivity index (χ3n) is 3.04. The average molecular weight is 246 g/mol. The minimum absolute atomic E-state index is 0.688. The number of anilines is 2. The highest BCUT2D eigenvalue weighted by Gasteiger charge is 2.20. The van der Waals surface area contributed by atoms with Crippen molar-refractivity contribution in [1.82, 2.24) is 4.98 Å². The van der Waals surface area contributed by atoms with E-state index in [1.165, 1.54) is 11.1 Å². The molecule has 1 aliphatic rings. The Balaban J connectivity index is 1.94. The number of benzene rings is 1. The molecule has 2 heterocycles. The van der Waals surface area contributed by atoms with Crippen LogP contribution in [0.4, 0.5) is 11.4 Å². The van der Waals surface area contributed by atoms with E-state index in [-0.39, 0.29) is 0 Å². The molecule has 4 heteroatoms. The number of rotatable bonds is 1. The molecule has 86 valence electrons. The topological polar surface area (TPSA) is 42.1 Å². The molecule has 0 amide bonds. The fraction of sp³-hybridized carbons (Fsp3) is 0.154. The first-order valence-electron chi connectivity index (χ1n) is 5.46. The zero-order chi connectivity index (χ0) is 11.8. The summed E-state index contributed by atoms with van der Waals surface area (Å²) in [6.07, 6.45) is 3.44. The number of aromatic nitrogens is 1. The van der Waals surface area contributed by atoms with E-state index in [1.54, 1.807) is 12.4 Å². The molecule has 1 aromatic carbocycles. The molecule has 0 fully saturated rings. The second-order valence-electron chi connectivity index (χ2n) is 4.21. The maximum Gasteiger partial charge on any atom is 0.0822 e. The summed E-state index contributed by atoms with van der Waals surface area (Å²) in [4.78, 5) is 6.23. The Labute approximate surface area is 105 Å². The summed E-state index contributed by atoms with van der Waals surface area (Å²) in [5.74, 6) is 0. The molecule has 0 unspecified atom stereocenters. The zero-order valence-electron chi connectivity index (χ0n) is 9.23. The van der Waals surface area contributed by atoms with Crippen molar-refractivity contribution in [2.24, 2.45) is 0 Å². The standard InChI is InChI=1S/C13H12ClN3/c14-12-6-16-4-3-13(12)17-7-9-1-2-11(15)5-10(9)8-17/h1-6H,7-8,15H2. The SMILES string of the molecule is Nc1ccc2c(c1)CN(c1ccncc1Cl)C2. The normalized spacial score (nSPS) is 13.8. The second-order valence-corrected chi connectivity index (χ2v) is 4.62. The molecular weight excluding hydrogens is 234 g/mol. The highest BCUT2D eigenvalue weighted by atomic mass is 35.5. The van der Waals surface area contributed by atoms with Crippen LogP contribution in [-0.2, 0) is 13.1 Å². The second kappa shape index (κ2) is 3.93. The summed E-state index contributed by atoms with van der Waals surface area (Å²) in [5.41, 5.74) is 10.2. The van der Waals surface area contributed by atoms with E-state index in [4.69, 9.17) is 17.3 Å². The van der Waals surface area contributed by atoms with Crippen LogP contribution in [0.5, 0.6) is 0 Å². The third-order valence-corrected chi connectivity index (χ3v) is 3.34. The first-order valence-corrected chi connectivity index (χ1v) is 5.83. The number of hydrogen-bond donors (Lipinski definition) is 1. The maximum atomic E-state index is 6.15. The average Bonchev–Trinajstić information content (AvgIpc) is 2.72. The van der Waals surface area contributed by atoms with Gasteiger partial charge in [-0.1, -0.05) is 17.7 Å². The molecule has 0 saturated heterocycles. The fourth-order valence-electron chi connectivity index (χ4n) is 2.21. The molecule has 3 nitrogen and oxygen atoms in total. The Hall–Kier alpha value is -1.74. The van der Waals surface area contributed by atoms with Gasteiger partial charge in [-0.15, -0.1) is 0 Å². The number of nitrogens with zero attached hydrogens (tertiary/aromatic N) is 2. The van der Waals surface area contributed by atoms with E-state index < -0.39 is 0 Å². The van der Waals surface area contributed by atoms with E-state index in [0.717, 1.165) is 24.5 Å². The smallest absolute Gasteiger partial charge is 0.0822 e. The van der Waals surface area contributed by atoms with Gasteiger partial charge in [0.2, 0.25) is 0 Å². The van der Waals surface area contributed by atoms with Crippen molar-refractivity contribution in [1.29, 1.82) is 0 Å². The summed E-state index contributed by atoms with van der Waals surface area (Å²) in [7, 11) is 0. The Kier molecular flexibility index (Phi) is 2.41. The zero-order valence-corrected chi connectivity index (χ0v) is 9.98. The molecule has 1 aliphatic heterocycles. The molecule has 0 atom stereocenters. The lowest BCUT2D eigenvalue weighted by Gasteiger charge is -2.18. The van der Waals surface area contributed by atoms with Crippen LogP contribution in [-0.4, -0.2) is 4.98 Å². The van der Waals surface area contributed by atoms with Gasteiger partial charge in [-0.25, -0.2) is 0 Å². The maximum absolute atomic E-state index is 6.15. The van der Waals surface area contributed by atoms with Crippen molar-refractivity contribution in [3.05, 3.63) is 52.8 Å². The van der Waals surface area contributed by atoms with Gasteiger partial charge in [0.05, 0.1) is 10.7 Å². The molecule has 17 heavy (non-hydrogen) atoms. The summed E-state index contributed by atoms with van der Waals surface area (Å²) >= 11 is 6.15. The summed E-state index contributed by atoms with van der Waals surface area (Å²) < 4.78 is 0. The fourth-order valence-corrected chi connectivity index (χ4v) is 2.45. The quantitative estimate of drug-likeness (QED) is 0.786. The van der Waals surface area contributed by atoms with Crippen molar-refractivity contribution in [3.8, 4) is 0 Å². The van der Waals surface area contributed by atoms with Gasteiger partial charge in [0.15, 0.2) is 0 Å². The molecule has 1 aromatic heterocycles. The van der Waals surface area contributed by atoms with Gasteiger partial charge in [-0.05, 0) is 29.3 Å². The molecule has 0 bridgehead atoms. The van der Waals surface area contributed by atoms with Crippen LogP contribution in [0, 0.1) is 0 Å². The van der Waals surface area contributed by atoms with Gasteiger partial charge < -0.3 is 10.6 Å². The van der Waals surface area contributed by atoms with Crippen LogP contribution < -0.4 is 10.6 Å². The van der Waals surface area contributed by atoms with Gasteiger partial charge in [0.25, 0.3) is 0 Å². The van der Waals surface area contributed by atoms with Crippen molar-refractivity contribution in [3.63, 3.8) is 0 Å². The Morgan fingerprint density at radius 1 is 1.18 bits per heavy atom. The first-order chi connectivity index (χ1) is 8.24. The summed E-state index contributed by atoms with van der Waals surface area (Å²) in [6, 6.07) is 8.00. The van der Waals surface area contributed by atoms with Gasteiger partial charge in [0.1, 0.15) is 0 Å². The third kappa shape index (κ3) is 1.83. The molecule has 0 radical (unpaired) electrons. The van der Waals surface area contributed by atoms with Crippen LogP contribution in [0.2, 0.25) is 5.02 Å². The Morgan fingerprint density at radius 2 is 2.00 bits per heavy atom. The predicted octanol–water partition coefficient (Wildman–Crippen LogP) is 2.84. The van der Waals surface area contributed by atoms with Crippen LogP contribution in [0.1, 0.15) is 11.1 Å². The van der Waals surface area contributed by atoms with E-state index in [9.17, 15) is 0 Å². The molecule has 2 aromatic rings. The highest BCUT2D eigenvalue weighted by Crippen LogP contribution is 2.32. The molecule has 2 N–H and O–H groups in total. The van der Waals surface area contributed by atoms with Gasteiger partial charge in [-0.3, -0.25) is 4.98 Å². The molecule has 0 spiro atoms. The van der Waals surface area contributed by atoms with Gasteiger partial charge >= 0.3 is 0 Å². The number of nitrogens with two attached hydrogens (primary N) is 1. The Bertz CT molecular complexity index is 568. The Morgan fingerprint density at radius 3 is 2.82 bits per heavy atom. The predicted molar refractivity (Wildman–Crippen MR) is 70.0 cm³/mol. The van der Waals surface area contributed by atoms with Crippen molar-refractivity contribution in [2.75, 3.05) is 10.6 Å². The summed E-state index contributed by atoms with van der Waals surface area (Å²) in [5, 5.41) is 0.688. The minimum atomic E-state index is 0.688. The van der Waals surface area contributed by atoms with E-state index in [1.807, 2.05) is 18.2 Å². The lowest BCUT2D eigenvalue weighted by atomic mass is 10.1. The van der Waals surface area contributed by atoms with E-state index in [0.29, 0.717) is 5.02 Å². The molecule has 0 saturated carbocycles. The van der Waals surface area contributed by atoms with Crippen LogP contribution >= 0.6 is 11.6 Å².